The summed E-state index contributed by atoms with van der Waals surface area (Å²) in [6, 6.07) is 0. The van der Waals surface area contributed by atoms with Crippen LogP contribution in [0.25, 0.3) is 0 Å². The molecule has 0 unspecified atom stereocenters. The van der Waals surface area contributed by atoms with Crippen LogP contribution in [0.1, 0.15) is 39.5 Å². The molecule has 0 atom stereocenters. The standard InChI is InChI=1S/C12H24N2O3/c1-5-12(6-2,11(16)17)13-9-7-8-10(15)14(3)4/h13H,5-9H2,1-4H3,(H,16,17). The van der Waals surface area contributed by atoms with Crippen molar-refractivity contribution < 1.29 is 14.7 Å². The molecule has 0 aliphatic rings. The molecule has 0 radical (unpaired) electrons. The summed E-state index contributed by atoms with van der Waals surface area (Å²) >= 11 is 0. The third-order valence-electron chi connectivity index (χ3n) is 3.15. The number of carbonyl (C=O) groups excluding carboxylic acids is 1. The van der Waals surface area contributed by atoms with Gasteiger partial charge in [-0.1, -0.05) is 13.8 Å². The predicted molar refractivity (Wildman–Crippen MR) is 66.9 cm³/mol. The summed E-state index contributed by atoms with van der Waals surface area (Å²) in [5.41, 5.74) is -0.846. The first-order valence-corrected chi connectivity index (χ1v) is 6.08. The van der Waals surface area contributed by atoms with E-state index in [4.69, 9.17) is 0 Å². The van der Waals surface area contributed by atoms with Crippen LogP contribution in [0, 0.1) is 0 Å². The molecule has 0 aromatic rings. The summed E-state index contributed by atoms with van der Waals surface area (Å²) in [5.74, 6) is -0.748. The topological polar surface area (TPSA) is 69.6 Å². The lowest BCUT2D eigenvalue weighted by Gasteiger charge is -2.28. The monoisotopic (exact) mass is 244 g/mol. The van der Waals surface area contributed by atoms with Crippen molar-refractivity contribution >= 4 is 11.9 Å². The number of rotatable bonds is 8. The minimum absolute atomic E-state index is 0.0701. The van der Waals surface area contributed by atoms with Crippen LogP contribution < -0.4 is 5.32 Å². The number of aliphatic carboxylic acids is 1. The molecule has 5 nitrogen and oxygen atoms in total. The molecule has 0 saturated heterocycles. The van der Waals surface area contributed by atoms with Gasteiger partial charge >= 0.3 is 5.97 Å². The Balaban J connectivity index is 4.08. The Bertz CT molecular complexity index is 260. The van der Waals surface area contributed by atoms with E-state index in [9.17, 15) is 14.7 Å². The molecule has 5 heteroatoms. The highest BCUT2D eigenvalue weighted by Crippen LogP contribution is 2.15. The highest BCUT2D eigenvalue weighted by molar-refractivity contribution is 5.78. The number of nitrogens with zero attached hydrogens (tertiary/aromatic N) is 1. The lowest BCUT2D eigenvalue weighted by Crippen LogP contribution is -2.51. The fourth-order valence-electron chi connectivity index (χ4n) is 1.67. The Morgan fingerprint density at radius 2 is 1.76 bits per heavy atom. The molecule has 0 aromatic heterocycles. The third kappa shape index (κ3) is 4.73. The highest BCUT2D eigenvalue weighted by Gasteiger charge is 2.33. The van der Waals surface area contributed by atoms with Crippen molar-refractivity contribution in [3.8, 4) is 0 Å². The molecule has 0 aromatic carbocycles. The molecule has 0 aliphatic heterocycles. The number of amides is 1. The number of hydrogen-bond acceptors (Lipinski definition) is 3. The van der Waals surface area contributed by atoms with Crippen molar-refractivity contribution in [1.82, 2.24) is 10.2 Å². The summed E-state index contributed by atoms with van der Waals surface area (Å²) in [6.07, 6.45) is 2.19. The van der Waals surface area contributed by atoms with Crippen LogP contribution in [-0.4, -0.2) is 48.1 Å². The molecule has 17 heavy (non-hydrogen) atoms. The molecule has 1 amide bonds. The fraction of sp³-hybridized carbons (Fsp3) is 0.833. The summed E-state index contributed by atoms with van der Waals surface area (Å²) in [4.78, 5) is 24.0. The van der Waals surface area contributed by atoms with Gasteiger partial charge in [-0.3, -0.25) is 9.59 Å². The minimum atomic E-state index is -0.846. The van der Waals surface area contributed by atoms with Crippen LogP contribution in [-0.2, 0) is 9.59 Å². The number of hydrogen-bond donors (Lipinski definition) is 2. The zero-order valence-electron chi connectivity index (χ0n) is 11.2. The summed E-state index contributed by atoms with van der Waals surface area (Å²) in [5, 5.41) is 12.2. The second-order valence-electron chi connectivity index (χ2n) is 4.41. The van der Waals surface area contributed by atoms with Crippen molar-refractivity contribution in [2.24, 2.45) is 0 Å². The van der Waals surface area contributed by atoms with Crippen LogP contribution in [0.2, 0.25) is 0 Å². The molecule has 0 fully saturated rings. The first kappa shape index (κ1) is 15.9. The van der Waals surface area contributed by atoms with E-state index >= 15 is 0 Å². The Labute approximate surface area is 103 Å². The molecular weight excluding hydrogens is 220 g/mol. The van der Waals surface area contributed by atoms with E-state index in [-0.39, 0.29) is 5.91 Å². The molecule has 0 bridgehead atoms. The number of carboxylic acid groups (broad SMARTS) is 1. The quantitative estimate of drug-likeness (QED) is 0.627. The molecule has 100 valence electrons. The zero-order valence-corrected chi connectivity index (χ0v) is 11.2. The zero-order chi connectivity index (χ0) is 13.5. The average molecular weight is 244 g/mol. The van der Waals surface area contributed by atoms with Gasteiger partial charge in [0.2, 0.25) is 5.91 Å². The maximum atomic E-state index is 11.3. The fourth-order valence-corrected chi connectivity index (χ4v) is 1.67. The van der Waals surface area contributed by atoms with E-state index in [0.29, 0.717) is 32.2 Å². The maximum Gasteiger partial charge on any atom is 0.323 e. The largest absolute Gasteiger partial charge is 0.480 e. The second kappa shape index (κ2) is 7.27. The smallest absolute Gasteiger partial charge is 0.323 e. The average Bonchev–Trinajstić information content (AvgIpc) is 2.29. The summed E-state index contributed by atoms with van der Waals surface area (Å²) in [6.45, 7) is 4.26. The van der Waals surface area contributed by atoms with Gasteiger partial charge in [0.15, 0.2) is 0 Å². The van der Waals surface area contributed by atoms with Gasteiger partial charge in [0.1, 0.15) is 5.54 Å². The van der Waals surface area contributed by atoms with E-state index in [1.54, 1.807) is 19.0 Å². The van der Waals surface area contributed by atoms with Gasteiger partial charge in [0, 0.05) is 20.5 Å². The molecule has 0 aliphatic carbocycles. The van der Waals surface area contributed by atoms with Crippen molar-refractivity contribution in [2.45, 2.75) is 45.1 Å². The molecule has 0 rings (SSSR count). The molecule has 2 N–H and O–H groups in total. The Kier molecular flexibility index (Phi) is 6.80. The minimum Gasteiger partial charge on any atom is -0.480 e. The van der Waals surface area contributed by atoms with Gasteiger partial charge in [-0.05, 0) is 25.8 Å². The van der Waals surface area contributed by atoms with Gasteiger partial charge in [0.25, 0.3) is 0 Å². The predicted octanol–water partition coefficient (Wildman–Crippen LogP) is 1.09. The van der Waals surface area contributed by atoms with Crippen LogP contribution in [0.3, 0.4) is 0 Å². The van der Waals surface area contributed by atoms with E-state index < -0.39 is 11.5 Å². The normalized spacial score (nSPS) is 11.3. The lowest BCUT2D eigenvalue weighted by atomic mass is 9.93. The number of carboxylic acids is 1. The van der Waals surface area contributed by atoms with Crippen molar-refractivity contribution in [2.75, 3.05) is 20.6 Å². The van der Waals surface area contributed by atoms with E-state index in [2.05, 4.69) is 5.32 Å². The first-order chi connectivity index (χ1) is 7.89. The highest BCUT2D eigenvalue weighted by atomic mass is 16.4. The van der Waals surface area contributed by atoms with Gasteiger partial charge in [0.05, 0.1) is 0 Å². The van der Waals surface area contributed by atoms with Crippen molar-refractivity contribution in [3.05, 3.63) is 0 Å². The van der Waals surface area contributed by atoms with Crippen LogP contribution in [0.5, 0.6) is 0 Å². The van der Waals surface area contributed by atoms with Gasteiger partial charge in [-0.2, -0.15) is 0 Å². The van der Waals surface area contributed by atoms with Crippen molar-refractivity contribution in [3.63, 3.8) is 0 Å². The number of carbonyl (C=O) groups is 2. The van der Waals surface area contributed by atoms with Crippen LogP contribution in [0.4, 0.5) is 0 Å². The number of nitrogens with one attached hydrogen (secondary N) is 1. The Morgan fingerprint density at radius 1 is 1.24 bits per heavy atom. The summed E-state index contributed by atoms with van der Waals surface area (Å²) < 4.78 is 0. The molecular formula is C12H24N2O3. The summed E-state index contributed by atoms with van der Waals surface area (Å²) in [7, 11) is 3.44. The Hall–Kier alpha value is -1.10. The molecule has 0 saturated carbocycles. The molecule has 0 spiro atoms. The second-order valence-corrected chi connectivity index (χ2v) is 4.41. The Morgan fingerprint density at radius 3 is 2.12 bits per heavy atom. The van der Waals surface area contributed by atoms with E-state index in [1.165, 1.54) is 0 Å². The lowest BCUT2D eigenvalue weighted by molar-refractivity contribution is -0.145. The van der Waals surface area contributed by atoms with Gasteiger partial charge in [-0.25, -0.2) is 0 Å². The van der Waals surface area contributed by atoms with Crippen molar-refractivity contribution in [1.29, 1.82) is 0 Å². The molecule has 0 heterocycles. The van der Waals surface area contributed by atoms with E-state index in [0.717, 1.165) is 0 Å². The van der Waals surface area contributed by atoms with Crippen LogP contribution >= 0.6 is 0 Å². The first-order valence-electron chi connectivity index (χ1n) is 6.08. The van der Waals surface area contributed by atoms with Gasteiger partial charge < -0.3 is 15.3 Å². The van der Waals surface area contributed by atoms with Gasteiger partial charge in [-0.15, -0.1) is 0 Å². The SMILES string of the molecule is CCC(CC)(NCCCC(=O)N(C)C)C(=O)O. The third-order valence-corrected chi connectivity index (χ3v) is 3.15. The van der Waals surface area contributed by atoms with E-state index in [1.807, 2.05) is 13.8 Å². The maximum absolute atomic E-state index is 11.3. The van der Waals surface area contributed by atoms with Crippen LogP contribution in [0.15, 0.2) is 0 Å².